The normalized spacial score (nSPS) is 22.7. The van der Waals surface area contributed by atoms with Crippen molar-refractivity contribution in [2.24, 2.45) is 5.41 Å². The molecule has 29 heavy (non-hydrogen) atoms. The van der Waals surface area contributed by atoms with Crippen LogP contribution in [0.25, 0.3) is 0 Å². The van der Waals surface area contributed by atoms with Crippen molar-refractivity contribution in [1.29, 1.82) is 0 Å². The molecule has 0 atom stereocenters. The summed E-state index contributed by atoms with van der Waals surface area (Å²) >= 11 is 5.96. The highest BCUT2D eigenvalue weighted by Gasteiger charge is 2.44. The van der Waals surface area contributed by atoms with E-state index in [4.69, 9.17) is 16.3 Å². The second-order valence-corrected chi connectivity index (χ2v) is 9.05. The fraction of sp³-hybridized carbons (Fsp3) is 0.714. The van der Waals surface area contributed by atoms with Crippen molar-refractivity contribution in [3.8, 4) is 0 Å². The van der Waals surface area contributed by atoms with Gasteiger partial charge in [0, 0.05) is 38.8 Å². The smallest absolute Gasteiger partial charge is 0.229 e. The van der Waals surface area contributed by atoms with Crippen LogP contribution in [0.1, 0.15) is 57.8 Å². The Morgan fingerprint density at radius 2 is 1.86 bits per heavy atom. The lowest BCUT2D eigenvalue weighted by molar-refractivity contribution is -0.369. The highest BCUT2D eigenvalue weighted by atomic mass is 35.5. The van der Waals surface area contributed by atoms with Gasteiger partial charge in [0.1, 0.15) is 0 Å². The summed E-state index contributed by atoms with van der Waals surface area (Å²) in [5.41, 5.74) is -0.0222. The monoisotopic (exact) mass is 421 g/mol. The molecule has 0 unspecified atom stereocenters. The molecule has 8 heteroatoms. The second-order valence-electron chi connectivity index (χ2n) is 8.67. The van der Waals surface area contributed by atoms with Gasteiger partial charge in [0.15, 0.2) is 0 Å². The zero-order valence-electron chi connectivity index (χ0n) is 16.9. The third-order valence-corrected chi connectivity index (χ3v) is 6.84. The molecule has 1 saturated carbocycles. The predicted octanol–water partition coefficient (Wildman–Crippen LogP) is 2.63. The van der Waals surface area contributed by atoms with E-state index in [1.807, 2.05) is 6.07 Å². The number of piperidine rings is 2. The third-order valence-electron chi connectivity index (χ3n) is 6.64. The maximum atomic E-state index is 12.5. The number of likely N-dealkylation sites (tertiary alicyclic amines) is 1. The molecule has 158 valence electrons. The maximum absolute atomic E-state index is 12.5. The zero-order chi connectivity index (χ0) is 20.3. The third kappa shape index (κ3) is 4.89. The Kier molecular flexibility index (Phi) is 6.35. The lowest BCUT2D eigenvalue weighted by Crippen LogP contribution is -2.47. The summed E-state index contributed by atoms with van der Waals surface area (Å²) in [6.45, 7) is 2.86. The molecule has 1 aliphatic carbocycles. The largest absolute Gasteiger partial charge is 0.378 e. The number of hydrogen-bond donors (Lipinski definition) is 0. The number of aromatic amines is 1. The van der Waals surface area contributed by atoms with Crippen LogP contribution in [0.5, 0.6) is 0 Å². The number of anilines is 1. The molecule has 1 spiro atoms. The number of amides is 2. The minimum atomic E-state index is -0.0222. The van der Waals surface area contributed by atoms with Crippen LogP contribution in [-0.4, -0.2) is 54.0 Å². The molecular formula is C21H30ClN4O3+. The molecule has 2 amide bonds. The predicted molar refractivity (Wildman–Crippen MR) is 108 cm³/mol. The van der Waals surface area contributed by atoms with E-state index >= 15 is 0 Å². The molecule has 0 bridgehead atoms. The van der Waals surface area contributed by atoms with Crippen molar-refractivity contribution < 1.29 is 19.3 Å². The molecule has 0 radical (unpaired) electrons. The van der Waals surface area contributed by atoms with Crippen molar-refractivity contribution in [1.82, 2.24) is 9.88 Å². The molecule has 4 rings (SSSR count). The minimum absolute atomic E-state index is 0.0173. The topological polar surface area (TPSA) is 76.9 Å². The summed E-state index contributed by atoms with van der Waals surface area (Å²) in [6.07, 6.45) is 9.89. The molecule has 1 aromatic rings. The van der Waals surface area contributed by atoms with Gasteiger partial charge in [-0.05, 0) is 36.3 Å². The first-order valence-electron chi connectivity index (χ1n) is 10.8. The molecule has 2 aliphatic heterocycles. The SMILES string of the molecule is O=C1CC2(CCCC2)CC(=O)N1CCCOC1CCN(c2cc(Cl)nc[nH+]2)CC1. The summed E-state index contributed by atoms with van der Waals surface area (Å²) < 4.78 is 6.02. The van der Waals surface area contributed by atoms with Crippen LogP contribution in [0.4, 0.5) is 5.82 Å². The summed E-state index contributed by atoms with van der Waals surface area (Å²) in [4.78, 5) is 35.8. The Morgan fingerprint density at radius 1 is 1.17 bits per heavy atom. The molecule has 3 fully saturated rings. The van der Waals surface area contributed by atoms with Crippen LogP contribution in [0.3, 0.4) is 0 Å². The van der Waals surface area contributed by atoms with E-state index in [1.165, 1.54) is 4.90 Å². The van der Waals surface area contributed by atoms with Gasteiger partial charge in [-0.2, -0.15) is 0 Å². The van der Waals surface area contributed by atoms with Gasteiger partial charge >= 0.3 is 0 Å². The zero-order valence-corrected chi connectivity index (χ0v) is 17.6. The highest BCUT2D eigenvalue weighted by Crippen LogP contribution is 2.46. The number of carbonyl (C=O) groups excluding carboxylic acids is 2. The van der Waals surface area contributed by atoms with Gasteiger partial charge in [-0.15, -0.1) is 0 Å². The van der Waals surface area contributed by atoms with Crippen LogP contribution in [0.15, 0.2) is 12.4 Å². The molecule has 2 saturated heterocycles. The molecule has 3 aliphatic rings. The number of aromatic nitrogens is 2. The number of ether oxygens (including phenoxy) is 1. The fourth-order valence-corrected chi connectivity index (χ4v) is 5.18. The first kappa shape index (κ1) is 20.5. The standard InChI is InChI=1S/C21H29ClN4O3/c22-17-12-18(24-15-23-17)25-9-4-16(5-10-25)29-11-3-8-26-19(27)13-21(14-20(26)28)6-1-2-7-21/h12,15-16H,1-11,13-14H2/p+1. The Bertz CT molecular complexity index is 725. The van der Waals surface area contributed by atoms with Crippen molar-refractivity contribution in [2.75, 3.05) is 31.1 Å². The number of carbonyl (C=O) groups is 2. The molecule has 0 aromatic carbocycles. The number of rotatable bonds is 6. The van der Waals surface area contributed by atoms with Crippen LogP contribution in [0.2, 0.25) is 5.15 Å². The number of nitrogens with zero attached hydrogens (tertiary/aromatic N) is 3. The maximum Gasteiger partial charge on any atom is 0.229 e. The molecule has 3 heterocycles. The number of halogens is 1. The lowest BCUT2D eigenvalue weighted by atomic mass is 9.76. The summed E-state index contributed by atoms with van der Waals surface area (Å²) in [7, 11) is 0. The summed E-state index contributed by atoms with van der Waals surface area (Å²) in [5.74, 6) is 1.01. The highest BCUT2D eigenvalue weighted by molar-refractivity contribution is 6.29. The van der Waals surface area contributed by atoms with Gasteiger partial charge < -0.3 is 4.74 Å². The van der Waals surface area contributed by atoms with E-state index in [-0.39, 0.29) is 23.3 Å². The molecular weight excluding hydrogens is 392 g/mol. The Hall–Kier alpha value is -1.73. The fourth-order valence-electron chi connectivity index (χ4n) is 5.03. The van der Waals surface area contributed by atoms with Crippen molar-refractivity contribution in [2.45, 2.75) is 63.9 Å². The van der Waals surface area contributed by atoms with E-state index in [9.17, 15) is 9.59 Å². The van der Waals surface area contributed by atoms with Gasteiger partial charge in [0.2, 0.25) is 29.1 Å². The quantitative estimate of drug-likeness (QED) is 0.401. The van der Waals surface area contributed by atoms with E-state index in [1.54, 1.807) is 6.33 Å². The van der Waals surface area contributed by atoms with Gasteiger partial charge in [-0.1, -0.05) is 17.8 Å². The van der Waals surface area contributed by atoms with Gasteiger partial charge in [0.25, 0.3) is 0 Å². The molecule has 1 N–H and O–H groups in total. The van der Waals surface area contributed by atoms with Crippen molar-refractivity contribution in [3.63, 3.8) is 0 Å². The van der Waals surface area contributed by atoms with Gasteiger partial charge in [-0.25, -0.2) is 0 Å². The first-order valence-corrected chi connectivity index (χ1v) is 11.2. The average molecular weight is 422 g/mol. The number of imide groups is 1. The van der Waals surface area contributed by atoms with E-state index < -0.39 is 0 Å². The Labute approximate surface area is 176 Å². The molecule has 7 nitrogen and oxygen atoms in total. The minimum Gasteiger partial charge on any atom is -0.378 e. The van der Waals surface area contributed by atoms with Crippen LogP contribution in [-0.2, 0) is 14.3 Å². The van der Waals surface area contributed by atoms with Crippen LogP contribution < -0.4 is 9.88 Å². The van der Waals surface area contributed by atoms with Crippen LogP contribution >= 0.6 is 11.6 Å². The Morgan fingerprint density at radius 3 is 2.52 bits per heavy atom. The number of nitrogens with one attached hydrogen (secondary N) is 1. The number of H-pyrrole nitrogens is 1. The van der Waals surface area contributed by atoms with Gasteiger partial charge in [-0.3, -0.25) is 24.4 Å². The van der Waals surface area contributed by atoms with Gasteiger partial charge in [0.05, 0.1) is 25.3 Å². The van der Waals surface area contributed by atoms with Crippen LogP contribution in [0, 0.1) is 5.41 Å². The first-order chi connectivity index (χ1) is 14.0. The lowest BCUT2D eigenvalue weighted by Gasteiger charge is -2.37. The molecule has 1 aromatic heterocycles. The van der Waals surface area contributed by atoms with Crippen molar-refractivity contribution >= 4 is 29.2 Å². The second kappa shape index (κ2) is 8.96. The average Bonchev–Trinajstić information content (AvgIpc) is 3.14. The summed E-state index contributed by atoms with van der Waals surface area (Å²) in [5, 5.41) is 0.484. The van der Waals surface area contributed by atoms with E-state index in [2.05, 4.69) is 14.9 Å². The Balaban J connectivity index is 1.16. The number of hydrogen-bond acceptors (Lipinski definition) is 5. The van der Waals surface area contributed by atoms with E-state index in [0.717, 1.165) is 57.4 Å². The van der Waals surface area contributed by atoms with Crippen molar-refractivity contribution in [3.05, 3.63) is 17.5 Å². The summed E-state index contributed by atoms with van der Waals surface area (Å²) in [6, 6.07) is 1.84. The van der Waals surface area contributed by atoms with E-state index in [0.29, 0.717) is 37.6 Å².